The molecule has 0 radical (unpaired) electrons. The molecule has 1 atom stereocenters. The molecule has 154 valence electrons. The van der Waals surface area contributed by atoms with Crippen LogP contribution < -0.4 is 20.7 Å². The average Bonchev–Trinajstić information content (AvgIpc) is 2.68. The van der Waals surface area contributed by atoms with Gasteiger partial charge in [0.05, 0.1) is 6.10 Å². The number of carbonyl (C=O) groups is 2. The van der Waals surface area contributed by atoms with Gasteiger partial charge in [-0.15, -0.1) is 0 Å². The number of benzene rings is 2. The maximum atomic E-state index is 12.4. The second-order valence-electron chi connectivity index (χ2n) is 6.65. The van der Waals surface area contributed by atoms with E-state index in [0.717, 1.165) is 18.6 Å². The largest absolute Gasteiger partial charge is 0.491 e. The van der Waals surface area contributed by atoms with E-state index in [1.165, 1.54) is 0 Å². The summed E-state index contributed by atoms with van der Waals surface area (Å²) in [6.07, 6.45) is 2.28. The van der Waals surface area contributed by atoms with Crippen molar-refractivity contribution in [1.82, 2.24) is 5.32 Å². The summed E-state index contributed by atoms with van der Waals surface area (Å²) in [4.78, 5) is 24.1. The minimum atomic E-state index is -0.315. The zero-order chi connectivity index (χ0) is 21.2. The normalized spacial score (nSPS) is 11.3. The van der Waals surface area contributed by atoms with Crippen molar-refractivity contribution in [3.63, 3.8) is 0 Å². The molecule has 0 heterocycles. The summed E-state index contributed by atoms with van der Waals surface area (Å²) in [5, 5.41) is 8.60. The van der Waals surface area contributed by atoms with E-state index in [9.17, 15) is 9.59 Å². The topological polar surface area (TPSA) is 79.5 Å². The minimum absolute atomic E-state index is 0.0405. The minimum Gasteiger partial charge on any atom is -0.491 e. The number of anilines is 2. The second kappa shape index (κ2) is 11.2. The van der Waals surface area contributed by atoms with Gasteiger partial charge in [-0.05, 0) is 74.4 Å². The van der Waals surface area contributed by atoms with Gasteiger partial charge >= 0.3 is 0 Å². The number of nitrogens with one attached hydrogen (secondary N) is 3. The monoisotopic (exact) mass is 413 g/mol. The lowest BCUT2D eigenvalue weighted by Gasteiger charge is -2.13. The van der Waals surface area contributed by atoms with E-state index in [2.05, 4.69) is 22.9 Å². The summed E-state index contributed by atoms with van der Waals surface area (Å²) < 4.78 is 5.71. The zero-order valence-corrected chi connectivity index (χ0v) is 17.8. The maximum Gasteiger partial charge on any atom is 0.257 e. The van der Waals surface area contributed by atoms with E-state index < -0.39 is 0 Å². The molecule has 1 unspecified atom stereocenters. The molecular weight excluding hydrogens is 386 g/mol. The Labute approximate surface area is 177 Å². The van der Waals surface area contributed by atoms with Crippen LogP contribution in [-0.4, -0.2) is 23.0 Å². The number of carbonyl (C=O) groups excluding carboxylic acids is 2. The molecule has 2 rings (SSSR count). The number of thiocarbonyl (C=S) groups is 1. The fourth-order valence-electron chi connectivity index (χ4n) is 2.46. The average molecular weight is 414 g/mol. The first-order valence-corrected chi connectivity index (χ1v) is 10.1. The van der Waals surface area contributed by atoms with E-state index >= 15 is 0 Å². The molecule has 7 heteroatoms. The van der Waals surface area contributed by atoms with Crippen molar-refractivity contribution in [2.75, 3.05) is 10.6 Å². The Morgan fingerprint density at radius 2 is 1.69 bits per heavy atom. The number of amides is 2. The van der Waals surface area contributed by atoms with Crippen molar-refractivity contribution >= 4 is 40.5 Å². The van der Waals surface area contributed by atoms with Crippen molar-refractivity contribution in [3.05, 3.63) is 54.1 Å². The molecule has 0 bridgehead atoms. The van der Waals surface area contributed by atoms with E-state index in [0.29, 0.717) is 23.4 Å². The van der Waals surface area contributed by atoms with Gasteiger partial charge in [0.1, 0.15) is 5.75 Å². The molecule has 2 aromatic rings. The van der Waals surface area contributed by atoms with Crippen molar-refractivity contribution in [3.8, 4) is 5.75 Å². The Balaban J connectivity index is 1.91. The van der Waals surface area contributed by atoms with Gasteiger partial charge in [0.15, 0.2) is 5.11 Å². The van der Waals surface area contributed by atoms with Gasteiger partial charge in [0.2, 0.25) is 5.91 Å². The third kappa shape index (κ3) is 7.54. The molecule has 0 aromatic heterocycles. The zero-order valence-electron chi connectivity index (χ0n) is 17.0. The van der Waals surface area contributed by atoms with E-state index in [4.69, 9.17) is 17.0 Å². The fourth-order valence-corrected chi connectivity index (χ4v) is 2.67. The summed E-state index contributed by atoms with van der Waals surface area (Å²) >= 11 is 5.23. The van der Waals surface area contributed by atoms with Gasteiger partial charge in [-0.1, -0.05) is 19.9 Å². The van der Waals surface area contributed by atoms with Crippen molar-refractivity contribution < 1.29 is 14.3 Å². The maximum absolute atomic E-state index is 12.4. The summed E-state index contributed by atoms with van der Waals surface area (Å²) in [6, 6.07) is 14.1. The van der Waals surface area contributed by atoms with Crippen molar-refractivity contribution in [1.29, 1.82) is 0 Å². The van der Waals surface area contributed by atoms with Crippen LogP contribution >= 0.6 is 12.2 Å². The third-order valence-corrected chi connectivity index (χ3v) is 4.34. The summed E-state index contributed by atoms with van der Waals surface area (Å²) in [5.41, 5.74) is 1.81. The summed E-state index contributed by atoms with van der Waals surface area (Å²) in [6.45, 7) is 6.00. The molecule has 0 aliphatic rings. The van der Waals surface area contributed by atoms with Crippen LogP contribution in [-0.2, 0) is 4.79 Å². The molecule has 2 amide bonds. The Kier molecular flexibility index (Phi) is 8.61. The number of rotatable bonds is 8. The Bertz CT molecular complexity index is 853. The fraction of sp³-hybridized carbons (Fsp3) is 0.318. The molecule has 0 saturated heterocycles. The quantitative estimate of drug-likeness (QED) is 0.545. The molecule has 0 spiro atoms. The lowest BCUT2D eigenvalue weighted by Crippen LogP contribution is -2.34. The highest BCUT2D eigenvalue weighted by molar-refractivity contribution is 7.80. The van der Waals surface area contributed by atoms with Crippen LogP contribution in [0.2, 0.25) is 0 Å². The van der Waals surface area contributed by atoms with Crippen LogP contribution in [0.4, 0.5) is 11.4 Å². The van der Waals surface area contributed by atoms with Gasteiger partial charge < -0.3 is 15.4 Å². The SMILES string of the molecule is CCCC(=O)Nc1cccc(NC(=S)NC(=O)c2ccc(OC(C)CC)cc2)c1. The van der Waals surface area contributed by atoms with Crippen LogP contribution in [0.15, 0.2) is 48.5 Å². The van der Waals surface area contributed by atoms with Gasteiger partial charge in [-0.2, -0.15) is 0 Å². The van der Waals surface area contributed by atoms with Crippen LogP contribution in [0.5, 0.6) is 5.75 Å². The number of hydrogen-bond acceptors (Lipinski definition) is 4. The smallest absolute Gasteiger partial charge is 0.257 e. The van der Waals surface area contributed by atoms with Crippen LogP contribution in [0.25, 0.3) is 0 Å². The molecule has 0 aliphatic carbocycles. The first-order chi connectivity index (χ1) is 13.9. The van der Waals surface area contributed by atoms with Crippen molar-refractivity contribution in [2.45, 2.75) is 46.1 Å². The third-order valence-electron chi connectivity index (χ3n) is 4.14. The highest BCUT2D eigenvalue weighted by atomic mass is 32.1. The summed E-state index contributed by atoms with van der Waals surface area (Å²) in [5.74, 6) is 0.366. The Morgan fingerprint density at radius 1 is 1.03 bits per heavy atom. The van der Waals surface area contributed by atoms with Gasteiger partial charge in [-0.3, -0.25) is 14.9 Å². The molecule has 0 saturated carbocycles. The molecule has 29 heavy (non-hydrogen) atoms. The predicted octanol–water partition coefficient (Wildman–Crippen LogP) is 4.73. The van der Waals surface area contributed by atoms with Crippen LogP contribution in [0, 0.1) is 0 Å². The van der Waals surface area contributed by atoms with Gasteiger partial charge in [0, 0.05) is 23.4 Å². The van der Waals surface area contributed by atoms with E-state index in [-0.39, 0.29) is 23.0 Å². The van der Waals surface area contributed by atoms with Crippen LogP contribution in [0.3, 0.4) is 0 Å². The highest BCUT2D eigenvalue weighted by Crippen LogP contribution is 2.17. The van der Waals surface area contributed by atoms with Gasteiger partial charge in [0.25, 0.3) is 5.91 Å². The molecule has 3 N–H and O–H groups in total. The van der Waals surface area contributed by atoms with E-state index in [1.807, 2.05) is 13.8 Å². The lowest BCUT2D eigenvalue weighted by molar-refractivity contribution is -0.116. The highest BCUT2D eigenvalue weighted by Gasteiger charge is 2.10. The second-order valence-corrected chi connectivity index (χ2v) is 7.06. The van der Waals surface area contributed by atoms with Gasteiger partial charge in [-0.25, -0.2) is 0 Å². The van der Waals surface area contributed by atoms with E-state index in [1.54, 1.807) is 48.5 Å². The first kappa shape index (κ1) is 22.4. The predicted molar refractivity (Wildman–Crippen MR) is 120 cm³/mol. The molecule has 2 aromatic carbocycles. The molecule has 6 nitrogen and oxygen atoms in total. The molecular formula is C22H27N3O3S. The Morgan fingerprint density at radius 3 is 2.31 bits per heavy atom. The Hall–Kier alpha value is -2.93. The van der Waals surface area contributed by atoms with Crippen LogP contribution in [0.1, 0.15) is 50.4 Å². The number of ether oxygens (including phenoxy) is 1. The molecule has 0 fully saturated rings. The lowest BCUT2D eigenvalue weighted by atomic mass is 10.2. The number of hydrogen-bond donors (Lipinski definition) is 3. The summed E-state index contributed by atoms with van der Waals surface area (Å²) in [7, 11) is 0. The molecule has 0 aliphatic heterocycles. The van der Waals surface area contributed by atoms with Crippen molar-refractivity contribution in [2.24, 2.45) is 0 Å². The first-order valence-electron chi connectivity index (χ1n) is 9.70. The standard InChI is InChI=1S/C22H27N3O3S/c1-4-7-20(26)23-17-8-6-9-18(14-17)24-22(29)25-21(27)16-10-12-19(13-11-16)28-15(3)5-2/h6,8-15H,4-5,7H2,1-3H3,(H,23,26)(H2,24,25,27,29).